The number of nitrogen functional groups attached to an aromatic ring is 1. The predicted octanol–water partition coefficient (Wildman–Crippen LogP) is 3.12. The first-order valence-corrected chi connectivity index (χ1v) is 6.13. The molecule has 2 aromatic rings. The summed E-state index contributed by atoms with van der Waals surface area (Å²) < 4.78 is 18.4. The van der Waals surface area contributed by atoms with E-state index in [2.05, 4.69) is 10.1 Å². The number of halogens is 1. The van der Waals surface area contributed by atoms with Crippen molar-refractivity contribution in [3.05, 3.63) is 29.8 Å². The van der Waals surface area contributed by atoms with E-state index in [9.17, 15) is 4.39 Å². The van der Waals surface area contributed by atoms with Crippen LogP contribution in [0.25, 0.3) is 11.5 Å². The van der Waals surface area contributed by atoms with E-state index in [1.54, 1.807) is 0 Å². The Morgan fingerprint density at radius 2 is 2.06 bits per heavy atom. The van der Waals surface area contributed by atoms with E-state index in [0.717, 1.165) is 12.8 Å². The van der Waals surface area contributed by atoms with Crippen LogP contribution in [0.1, 0.15) is 37.4 Å². The summed E-state index contributed by atoms with van der Waals surface area (Å²) in [7, 11) is 0. The minimum Gasteiger partial charge on any atom is -0.398 e. The molecular weight excluding hydrogens is 233 g/mol. The molecule has 94 valence electrons. The highest BCUT2D eigenvalue weighted by Crippen LogP contribution is 2.34. The highest BCUT2D eigenvalue weighted by molar-refractivity contribution is 5.70. The van der Waals surface area contributed by atoms with Crippen LogP contribution in [0, 0.1) is 5.82 Å². The Kier molecular flexibility index (Phi) is 2.74. The van der Waals surface area contributed by atoms with E-state index in [0.29, 0.717) is 28.9 Å². The molecule has 1 aromatic carbocycles. The second-order valence-corrected chi connectivity index (χ2v) is 4.67. The van der Waals surface area contributed by atoms with Gasteiger partial charge >= 0.3 is 0 Å². The van der Waals surface area contributed by atoms with Crippen molar-refractivity contribution in [2.45, 2.75) is 31.6 Å². The van der Waals surface area contributed by atoms with Crippen molar-refractivity contribution in [3.8, 4) is 11.5 Å². The van der Waals surface area contributed by atoms with Gasteiger partial charge in [0.25, 0.3) is 5.89 Å². The molecule has 1 aliphatic carbocycles. The van der Waals surface area contributed by atoms with E-state index in [1.807, 2.05) is 0 Å². The summed E-state index contributed by atoms with van der Waals surface area (Å²) in [5.41, 5.74) is 6.70. The van der Waals surface area contributed by atoms with Crippen LogP contribution in [0.4, 0.5) is 10.1 Å². The number of hydrogen-bond acceptors (Lipinski definition) is 4. The molecule has 2 N–H and O–H groups in total. The van der Waals surface area contributed by atoms with Crippen LogP contribution >= 0.6 is 0 Å². The molecule has 0 saturated heterocycles. The maximum Gasteiger partial charge on any atom is 0.260 e. The molecule has 3 rings (SSSR count). The number of benzene rings is 1. The third-order valence-electron chi connectivity index (χ3n) is 3.41. The van der Waals surface area contributed by atoms with Crippen molar-refractivity contribution in [3.63, 3.8) is 0 Å². The molecule has 1 fully saturated rings. The third-order valence-corrected chi connectivity index (χ3v) is 3.41. The highest BCUT2D eigenvalue weighted by atomic mass is 19.1. The molecule has 1 heterocycles. The first-order chi connectivity index (χ1) is 8.74. The van der Waals surface area contributed by atoms with Crippen LogP contribution in [0.15, 0.2) is 22.7 Å². The Bertz CT molecular complexity index is 561. The first-order valence-electron chi connectivity index (χ1n) is 6.13. The molecule has 4 nitrogen and oxygen atoms in total. The van der Waals surface area contributed by atoms with Gasteiger partial charge in [-0.2, -0.15) is 4.98 Å². The second-order valence-electron chi connectivity index (χ2n) is 4.67. The van der Waals surface area contributed by atoms with E-state index in [1.165, 1.54) is 31.0 Å². The Morgan fingerprint density at radius 3 is 2.83 bits per heavy atom. The van der Waals surface area contributed by atoms with Gasteiger partial charge in [-0.15, -0.1) is 0 Å². The van der Waals surface area contributed by atoms with Gasteiger partial charge in [-0.25, -0.2) is 4.39 Å². The molecule has 0 bridgehead atoms. The van der Waals surface area contributed by atoms with Crippen LogP contribution in [0.5, 0.6) is 0 Å². The van der Waals surface area contributed by atoms with Gasteiger partial charge in [-0.3, -0.25) is 0 Å². The van der Waals surface area contributed by atoms with Crippen molar-refractivity contribution in [1.82, 2.24) is 10.1 Å². The van der Waals surface area contributed by atoms with E-state index < -0.39 is 0 Å². The largest absolute Gasteiger partial charge is 0.398 e. The van der Waals surface area contributed by atoms with Crippen molar-refractivity contribution < 1.29 is 8.91 Å². The molecule has 18 heavy (non-hydrogen) atoms. The van der Waals surface area contributed by atoms with Gasteiger partial charge in [0.05, 0.1) is 5.56 Å². The maximum atomic E-state index is 13.2. The number of nitrogens with zero attached hydrogens (tertiary/aromatic N) is 2. The van der Waals surface area contributed by atoms with Crippen molar-refractivity contribution >= 4 is 5.69 Å². The van der Waals surface area contributed by atoms with Crippen LogP contribution in [-0.2, 0) is 0 Å². The van der Waals surface area contributed by atoms with E-state index in [-0.39, 0.29) is 5.82 Å². The predicted molar refractivity (Wildman–Crippen MR) is 65.3 cm³/mol. The number of rotatable bonds is 2. The smallest absolute Gasteiger partial charge is 0.260 e. The van der Waals surface area contributed by atoms with Gasteiger partial charge in [0.15, 0.2) is 5.82 Å². The van der Waals surface area contributed by atoms with E-state index in [4.69, 9.17) is 10.3 Å². The fourth-order valence-corrected chi connectivity index (χ4v) is 2.41. The Hall–Kier alpha value is -1.91. The molecule has 1 aromatic heterocycles. The monoisotopic (exact) mass is 247 g/mol. The number of aromatic nitrogens is 2. The SMILES string of the molecule is Nc1ccc(F)cc1-c1nc(C2CCCC2)no1. The molecular formula is C13H14FN3O. The zero-order chi connectivity index (χ0) is 12.5. The lowest BCUT2D eigenvalue weighted by atomic mass is 10.1. The topological polar surface area (TPSA) is 64.9 Å². The molecule has 1 aliphatic rings. The second kappa shape index (κ2) is 4.40. The van der Waals surface area contributed by atoms with Crippen LogP contribution in [0.2, 0.25) is 0 Å². The number of anilines is 1. The molecule has 0 unspecified atom stereocenters. The minimum atomic E-state index is -0.361. The first kappa shape index (κ1) is 11.2. The summed E-state index contributed by atoms with van der Waals surface area (Å²) in [6, 6.07) is 4.14. The normalized spacial score (nSPS) is 16.3. The summed E-state index contributed by atoms with van der Waals surface area (Å²) in [5.74, 6) is 1.03. The summed E-state index contributed by atoms with van der Waals surface area (Å²) in [6.45, 7) is 0. The number of hydrogen-bond donors (Lipinski definition) is 1. The minimum absolute atomic E-state index is 0.300. The lowest BCUT2D eigenvalue weighted by molar-refractivity contribution is 0.415. The molecule has 0 spiro atoms. The van der Waals surface area contributed by atoms with Crippen LogP contribution in [0.3, 0.4) is 0 Å². The molecule has 1 saturated carbocycles. The van der Waals surface area contributed by atoms with Crippen LogP contribution in [-0.4, -0.2) is 10.1 Å². The van der Waals surface area contributed by atoms with Crippen molar-refractivity contribution in [1.29, 1.82) is 0 Å². The lowest BCUT2D eigenvalue weighted by Gasteiger charge is -2.01. The lowest BCUT2D eigenvalue weighted by Crippen LogP contribution is -1.95. The summed E-state index contributed by atoms with van der Waals surface area (Å²) in [5, 5.41) is 3.98. The summed E-state index contributed by atoms with van der Waals surface area (Å²) in [6.07, 6.45) is 4.60. The quantitative estimate of drug-likeness (QED) is 0.828. The standard InChI is InChI=1S/C13H14FN3O/c14-9-5-6-11(15)10(7-9)13-16-12(17-18-13)8-3-1-2-4-8/h5-8H,1-4,15H2. The zero-order valence-electron chi connectivity index (χ0n) is 9.90. The van der Waals surface area contributed by atoms with Gasteiger partial charge in [0, 0.05) is 11.6 Å². The maximum absolute atomic E-state index is 13.2. The molecule has 0 radical (unpaired) electrons. The van der Waals surface area contributed by atoms with Gasteiger partial charge in [0.2, 0.25) is 0 Å². The van der Waals surface area contributed by atoms with E-state index >= 15 is 0 Å². The molecule has 0 atom stereocenters. The average Bonchev–Trinajstić information content (AvgIpc) is 3.00. The fraction of sp³-hybridized carbons (Fsp3) is 0.385. The van der Waals surface area contributed by atoms with Crippen molar-refractivity contribution in [2.75, 3.05) is 5.73 Å². The Morgan fingerprint density at radius 1 is 1.28 bits per heavy atom. The van der Waals surface area contributed by atoms with Gasteiger partial charge in [-0.05, 0) is 31.0 Å². The third kappa shape index (κ3) is 1.96. The average molecular weight is 247 g/mol. The fourth-order valence-electron chi connectivity index (χ4n) is 2.41. The Balaban J connectivity index is 1.94. The van der Waals surface area contributed by atoms with Crippen LogP contribution < -0.4 is 5.73 Å². The summed E-state index contributed by atoms with van der Waals surface area (Å²) >= 11 is 0. The summed E-state index contributed by atoms with van der Waals surface area (Å²) in [4.78, 5) is 4.34. The zero-order valence-corrected chi connectivity index (χ0v) is 9.90. The van der Waals surface area contributed by atoms with Gasteiger partial charge in [-0.1, -0.05) is 18.0 Å². The molecule has 0 amide bonds. The molecule has 5 heteroatoms. The molecule has 0 aliphatic heterocycles. The highest BCUT2D eigenvalue weighted by Gasteiger charge is 2.23. The van der Waals surface area contributed by atoms with Gasteiger partial charge in [0.1, 0.15) is 5.82 Å². The van der Waals surface area contributed by atoms with Gasteiger partial charge < -0.3 is 10.3 Å². The van der Waals surface area contributed by atoms with Crippen molar-refractivity contribution in [2.24, 2.45) is 0 Å². The Labute approximate surface area is 104 Å². The number of nitrogens with two attached hydrogens (primary N) is 1.